The van der Waals surface area contributed by atoms with Crippen LogP contribution < -0.4 is 0 Å². The Bertz CT molecular complexity index is 415. The van der Waals surface area contributed by atoms with Crippen LogP contribution in [0.25, 0.3) is 0 Å². The predicted molar refractivity (Wildman–Crippen MR) is 66.8 cm³/mol. The van der Waals surface area contributed by atoms with E-state index >= 15 is 0 Å². The van der Waals surface area contributed by atoms with Gasteiger partial charge in [-0.15, -0.1) is 0 Å². The summed E-state index contributed by atoms with van der Waals surface area (Å²) in [5.41, 5.74) is 0.539. The summed E-state index contributed by atoms with van der Waals surface area (Å²) < 4.78 is 4.89. The largest absolute Gasteiger partial charge is 0.462 e. The molecule has 4 heteroatoms. The van der Waals surface area contributed by atoms with Gasteiger partial charge in [-0.3, -0.25) is 0 Å². The van der Waals surface area contributed by atoms with Gasteiger partial charge in [-0.2, -0.15) is 0 Å². The Balaban J connectivity index is 2.72. The second-order valence-corrected chi connectivity index (χ2v) is 4.06. The highest BCUT2D eigenvalue weighted by molar-refractivity contribution is 6.30. The van der Waals surface area contributed by atoms with Crippen LogP contribution in [-0.2, 0) is 9.53 Å². The Kier molecular flexibility index (Phi) is 5.19. The van der Waals surface area contributed by atoms with E-state index in [1.54, 1.807) is 24.3 Å². The van der Waals surface area contributed by atoms with Crippen molar-refractivity contribution in [1.29, 1.82) is 0 Å². The van der Waals surface area contributed by atoms with Gasteiger partial charge in [-0.1, -0.05) is 37.2 Å². The van der Waals surface area contributed by atoms with Crippen LogP contribution in [0.1, 0.15) is 25.0 Å². The number of hydrogen-bond acceptors (Lipinski definition) is 3. The number of benzene rings is 1. The summed E-state index contributed by atoms with van der Waals surface area (Å²) >= 11 is 5.80. The van der Waals surface area contributed by atoms with Gasteiger partial charge in [-0.05, 0) is 24.1 Å². The highest BCUT2D eigenvalue weighted by Crippen LogP contribution is 2.23. The minimum Gasteiger partial charge on any atom is -0.462 e. The van der Waals surface area contributed by atoms with Gasteiger partial charge in [0.25, 0.3) is 0 Å². The summed E-state index contributed by atoms with van der Waals surface area (Å²) in [6.45, 7) is 5.76. The maximum absolute atomic E-state index is 11.5. The summed E-state index contributed by atoms with van der Waals surface area (Å²) in [6.07, 6.45) is -0.357. The molecule has 0 bridgehead atoms. The highest BCUT2D eigenvalue weighted by Gasteiger charge is 2.19. The Morgan fingerprint density at radius 3 is 2.88 bits per heavy atom. The third-order valence-electron chi connectivity index (χ3n) is 2.19. The summed E-state index contributed by atoms with van der Waals surface area (Å²) in [5, 5.41) is 10.4. The Morgan fingerprint density at radius 1 is 1.59 bits per heavy atom. The Hall–Kier alpha value is -1.32. The maximum atomic E-state index is 11.5. The molecule has 0 fully saturated rings. The number of ether oxygens (including phenoxy) is 1. The van der Waals surface area contributed by atoms with Gasteiger partial charge in [0.15, 0.2) is 0 Å². The summed E-state index contributed by atoms with van der Waals surface area (Å²) in [7, 11) is 0. The number of halogens is 1. The molecule has 0 spiro atoms. The van der Waals surface area contributed by atoms with E-state index in [4.69, 9.17) is 16.3 Å². The van der Waals surface area contributed by atoms with Crippen molar-refractivity contribution in [3.8, 4) is 0 Å². The first-order valence-electron chi connectivity index (χ1n) is 5.35. The molecule has 0 radical (unpaired) electrons. The quantitative estimate of drug-likeness (QED) is 0.649. The van der Waals surface area contributed by atoms with Crippen LogP contribution in [0.2, 0.25) is 5.02 Å². The number of aliphatic hydroxyl groups excluding tert-OH is 1. The van der Waals surface area contributed by atoms with Gasteiger partial charge in [0, 0.05) is 5.02 Å². The lowest BCUT2D eigenvalue weighted by atomic mass is 10.0. The van der Waals surface area contributed by atoms with Crippen LogP contribution in [0, 0.1) is 0 Å². The van der Waals surface area contributed by atoms with Crippen LogP contribution in [0.15, 0.2) is 36.4 Å². The molecule has 1 unspecified atom stereocenters. The Morgan fingerprint density at radius 2 is 2.29 bits per heavy atom. The number of esters is 1. The maximum Gasteiger partial charge on any atom is 0.336 e. The molecule has 1 atom stereocenters. The van der Waals surface area contributed by atoms with E-state index in [1.807, 2.05) is 6.92 Å². The number of hydrogen-bond donors (Lipinski definition) is 1. The minimum atomic E-state index is -1.09. The SMILES string of the molecule is C=C(C(=O)OCCC)C(O)c1cccc(Cl)c1. The van der Waals surface area contributed by atoms with E-state index in [1.165, 1.54) is 0 Å². The molecule has 1 aromatic rings. The second kappa shape index (κ2) is 6.42. The van der Waals surface area contributed by atoms with Gasteiger partial charge < -0.3 is 9.84 Å². The van der Waals surface area contributed by atoms with Gasteiger partial charge in [-0.25, -0.2) is 4.79 Å². The molecule has 92 valence electrons. The topological polar surface area (TPSA) is 46.5 Å². The molecule has 0 aliphatic carbocycles. The zero-order valence-corrected chi connectivity index (χ0v) is 10.4. The van der Waals surface area contributed by atoms with Crippen molar-refractivity contribution in [2.24, 2.45) is 0 Å². The molecule has 17 heavy (non-hydrogen) atoms. The fourth-order valence-electron chi connectivity index (χ4n) is 1.28. The second-order valence-electron chi connectivity index (χ2n) is 3.62. The predicted octanol–water partition coefficient (Wildman–Crippen LogP) is 2.88. The lowest BCUT2D eigenvalue weighted by molar-refractivity contribution is -0.140. The number of carbonyl (C=O) groups is 1. The third kappa shape index (κ3) is 3.88. The minimum absolute atomic E-state index is 0.0146. The van der Waals surface area contributed by atoms with Crippen molar-refractivity contribution in [2.45, 2.75) is 19.4 Å². The van der Waals surface area contributed by atoms with E-state index in [2.05, 4.69) is 6.58 Å². The monoisotopic (exact) mass is 254 g/mol. The van der Waals surface area contributed by atoms with Crippen LogP contribution in [0.3, 0.4) is 0 Å². The summed E-state index contributed by atoms with van der Waals surface area (Å²) in [6, 6.07) is 6.65. The molecule has 3 nitrogen and oxygen atoms in total. The first-order chi connectivity index (χ1) is 8.06. The first-order valence-corrected chi connectivity index (χ1v) is 5.73. The van der Waals surface area contributed by atoms with Crippen LogP contribution in [0.4, 0.5) is 0 Å². The first kappa shape index (κ1) is 13.7. The molecule has 0 aromatic heterocycles. The molecule has 0 aliphatic rings. The smallest absolute Gasteiger partial charge is 0.336 e. The van der Waals surface area contributed by atoms with Crippen LogP contribution >= 0.6 is 11.6 Å². The van der Waals surface area contributed by atoms with E-state index in [-0.39, 0.29) is 5.57 Å². The van der Waals surface area contributed by atoms with E-state index in [0.717, 1.165) is 6.42 Å². The molecule has 1 rings (SSSR count). The normalized spacial score (nSPS) is 11.9. The lowest BCUT2D eigenvalue weighted by Gasteiger charge is -2.13. The molecule has 0 aliphatic heterocycles. The zero-order valence-electron chi connectivity index (χ0n) is 9.65. The third-order valence-corrected chi connectivity index (χ3v) is 2.43. The Labute approximate surface area is 106 Å². The van der Waals surface area contributed by atoms with Crippen LogP contribution in [0.5, 0.6) is 0 Å². The molecule has 1 aromatic carbocycles. The number of rotatable bonds is 5. The van der Waals surface area contributed by atoms with Gasteiger partial charge in [0.2, 0.25) is 0 Å². The van der Waals surface area contributed by atoms with E-state index < -0.39 is 12.1 Å². The summed E-state index contributed by atoms with van der Waals surface area (Å²) in [4.78, 5) is 11.5. The van der Waals surface area contributed by atoms with Gasteiger partial charge in [0.1, 0.15) is 6.10 Å². The van der Waals surface area contributed by atoms with E-state index in [9.17, 15) is 9.90 Å². The standard InChI is InChI=1S/C13H15ClO3/c1-3-7-17-13(16)9(2)12(15)10-5-4-6-11(14)8-10/h4-6,8,12,15H,2-3,7H2,1H3. The van der Waals surface area contributed by atoms with E-state index in [0.29, 0.717) is 17.2 Å². The van der Waals surface area contributed by atoms with Gasteiger partial charge in [0.05, 0.1) is 12.2 Å². The molecule has 0 saturated carbocycles. The molecular formula is C13H15ClO3. The van der Waals surface area contributed by atoms with Crippen molar-refractivity contribution >= 4 is 17.6 Å². The average Bonchev–Trinajstić information content (AvgIpc) is 2.34. The summed E-state index contributed by atoms with van der Waals surface area (Å²) in [5.74, 6) is -0.584. The fourth-order valence-corrected chi connectivity index (χ4v) is 1.48. The molecular weight excluding hydrogens is 240 g/mol. The average molecular weight is 255 g/mol. The zero-order chi connectivity index (χ0) is 12.8. The van der Waals surface area contributed by atoms with Crippen molar-refractivity contribution in [3.63, 3.8) is 0 Å². The van der Waals surface area contributed by atoms with Crippen molar-refractivity contribution < 1.29 is 14.6 Å². The molecule has 0 heterocycles. The van der Waals surface area contributed by atoms with Crippen molar-refractivity contribution in [1.82, 2.24) is 0 Å². The van der Waals surface area contributed by atoms with Crippen molar-refractivity contribution in [3.05, 3.63) is 47.0 Å². The highest BCUT2D eigenvalue weighted by atomic mass is 35.5. The van der Waals surface area contributed by atoms with Gasteiger partial charge >= 0.3 is 5.97 Å². The van der Waals surface area contributed by atoms with Crippen molar-refractivity contribution in [2.75, 3.05) is 6.61 Å². The number of aliphatic hydroxyl groups is 1. The molecule has 0 saturated heterocycles. The fraction of sp³-hybridized carbons (Fsp3) is 0.308. The molecule has 0 amide bonds. The lowest BCUT2D eigenvalue weighted by Crippen LogP contribution is -2.14. The number of carbonyl (C=O) groups excluding carboxylic acids is 1. The van der Waals surface area contributed by atoms with Crippen LogP contribution in [-0.4, -0.2) is 17.7 Å². The molecule has 1 N–H and O–H groups in total.